The molecule has 80 valence electrons. The SMILES string of the molecule is ClC12C=CC(=C3C=CC4(Cl)OC4=C3)C=C1O2. The lowest BCUT2D eigenvalue weighted by molar-refractivity contribution is 0.438. The van der Waals surface area contributed by atoms with Crippen molar-refractivity contribution in [3.63, 3.8) is 0 Å². The molecule has 4 aliphatic rings. The van der Waals surface area contributed by atoms with Crippen LogP contribution in [0.4, 0.5) is 0 Å². The lowest BCUT2D eigenvalue weighted by atomic mass is 9.99. The number of hydrogen-bond acceptors (Lipinski definition) is 2. The molecule has 0 bridgehead atoms. The molecular formula is C12H6Cl2O2. The number of halogens is 2. The van der Waals surface area contributed by atoms with Gasteiger partial charge < -0.3 is 9.47 Å². The van der Waals surface area contributed by atoms with Gasteiger partial charge in [-0.15, -0.1) is 0 Å². The third kappa shape index (κ3) is 1.09. The zero-order valence-corrected chi connectivity index (χ0v) is 9.55. The van der Waals surface area contributed by atoms with E-state index in [9.17, 15) is 0 Å². The van der Waals surface area contributed by atoms with Crippen molar-refractivity contribution in [1.82, 2.24) is 0 Å². The van der Waals surface area contributed by atoms with Gasteiger partial charge in [-0.05, 0) is 35.5 Å². The summed E-state index contributed by atoms with van der Waals surface area (Å²) in [7, 11) is 0. The van der Waals surface area contributed by atoms with Gasteiger partial charge in [-0.1, -0.05) is 35.4 Å². The normalized spacial score (nSPS) is 45.9. The van der Waals surface area contributed by atoms with Crippen LogP contribution in [0.5, 0.6) is 0 Å². The minimum atomic E-state index is -0.665. The van der Waals surface area contributed by atoms with E-state index in [1.54, 1.807) is 0 Å². The number of rotatable bonds is 0. The molecule has 0 amide bonds. The molecule has 2 nitrogen and oxygen atoms in total. The van der Waals surface area contributed by atoms with Crippen molar-refractivity contribution >= 4 is 23.2 Å². The van der Waals surface area contributed by atoms with Crippen molar-refractivity contribution in [2.24, 2.45) is 0 Å². The van der Waals surface area contributed by atoms with Crippen LogP contribution in [-0.2, 0) is 9.47 Å². The first-order valence-corrected chi connectivity index (χ1v) is 5.68. The maximum atomic E-state index is 6.03. The van der Waals surface area contributed by atoms with Gasteiger partial charge in [-0.2, -0.15) is 0 Å². The van der Waals surface area contributed by atoms with E-state index in [1.807, 2.05) is 36.5 Å². The van der Waals surface area contributed by atoms with E-state index >= 15 is 0 Å². The summed E-state index contributed by atoms with van der Waals surface area (Å²) < 4.78 is 10.5. The molecule has 2 unspecified atom stereocenters. The van der Waals surface area contributed by atoms with Crippen molar-refractivity contribution in [1.29, 1.82) is 0 Å². The van der Waals surface area contributed by atoms with E-state index in [1.165, 1.54) is 0 Å². The fourth-order valence-corrected chi connectivity index (χ4v) is 2.29. The molecule has 2 atom stereocenters. The first kappa shape index (κ1) is 8.97. The van der Waals surface area contributed by atoms with Crippen molar-refractivity contribution < 1.29 is 9.47 Å². The van der Waals surface area contributed by atoms with Gasteiger partial charge in [0, 0.05) is 0 Å². The van der Waals surface area contributed by atoms with Gasteiger partial charge in [0.1, 0.15) is 0 Å². The highest BCUT2D eigenvalue weighted by atomic mass is 35.5. The molecule has 2 fully saturated rings. The third-order valence-electron chi connectivity index (χ3n) is 2.97. The van der Waals surface area contributed by atoms with Crippen molar-refractivity contribution in [2.75, 3.05) is 0 Å². The van der Waals surface area contributed by atoms with Crippen LogP contribution in [0.2, 0.25) is 0 Å². The fourth-order valence-electron chi connectivity index (χ4n) is 1.89. The summed E-state index contributed by atoms with van der Waals surface area (Å²) in [5.74, 6) is 1.59. The molecule has 0 aromatic carbocycles. The second-order valence-corrected chi connectivity index (χ2v) is 5.21. The maximum Gasteiger partial charge on any atom is 0.258 e. The number of epoxide rings is 2. The molecule has 4 heteroatoms. The standard InChI is InChI=1S/C12H6Cl2O2/c13-11-3-1-7(5-9(11)15-11)8-2-4-12(14)10(6-8)16-12/h1-6H. The number of ether oxygens (including phenoxy) is 2. The Bertz CT molecular complexity index is 518. The highest BCUT2D eigenvalue weighted by Crippen LogP contribution is 2.52. The maximum absolute atomic E-state index is 6.03. The fraction of sp³-hybridized carbons (Fsp3) is 0.167. The molecule has 0 spiro atoms. The molecule has 0 aromatic heterocycles. The van der Waals surface area contributed by atoms with Gasteiger partial charge in [0.15, 0.2) is 11.5 Å². The van der Waals surface area contributed by atoms with Crippen LogP contribution >= 0.6 is 23.2 Å². The zero-order valence-electron chi connectivity index (χ0n) is 8.04. The van der Waals surface area contributed by atoms with E-state index in [2.05, 4.69) is 0 Å². The smallest absolute Gasteiger partial charge is 0.258 e. The average molecular weight is 253 g/mol. The monoisotopic (exact) mass is 252 g/mol. The Morgan fingerprint density at radius 2 is 1.25 bits per heavy atom. The Labute approximate surface area is 102 Å². The van der Waals surface area contributed by atoms with Crippen molar-refractivity contribution in [3.05, 3.63) is 59.1 Å². The Hall–Kier alpha value is -1.12. The highest BCUT2D eigenvalue weighted by molar-refractivity contribution is 6.29. The molecule has 0 aromatic rings. The summed E-state index contributed by atoms with van der Waals surface area (Å²) >= 11 is 12.1. The highest BCUT2D eigenvalue weighted by Gasteiger charge is 2.52. The molecule has 2 aliphatic carbocycles. The molecule has 0 radical (unpaired) electrons. The van der Waals surface area contributed by atoms with Gasteiger partial charge in [0.2, 0.25) is 0 Å². The number of allylic oxidation sites excluding steroid dienone is 6. The van der Waals surface area contributed by atoms with Gasteiger partial charge >= 0.3 is 0 Å². The summed E-state index contributed by atoms with van der Waals surface area (Å²) in [6.07, 6.45) is 11.5. The van der Waals surface area contributed by atoms with E-state index in [0.717, 1.165) is 22.7 Å². The summed E-state index contributed by atoms with van der Waals surface area (Å²) in [5.41, 5.74) is 2.11. The van der Waals surface area contributed by atoms with Crippen LogP contribution in [-0.4, -0.2) is 10.1 Å². The Kier molecular flexibility index (Phi) is 1.35. The summed E-state index contributed by atoms with van der Waals surface area (Å²) in [6, 6.07) is 0. The second-order valence-electron chi connectivity index (χ2n) is 4.09. The Morgan fingerprint density at radius 3 is 1.62 bits per heavy atom. The molecule has 0 N–H and O–H groups in total. The molecule has 2 saturated heterocycles. The average Bonchev–Trinajstić information content (AvgIpc) is 3.09. The minimum absolute atomic E-state index is 0.665. The van der Waals surface area contributed by atoms with Crippen LogP contribution in [0.3, 0.4) is 0 Å². The predicted molar refractivity (Wildman–Crippen MR) is 60.8 cm³/mol. The van der Waals surface area contributed by atoms with Gasteiger partial charge in [0.25, 0.3) is 10.1 Å². The van der Waals surface area contributed by atoms with E-state index in [0.29, 0.717) is 0 Å². The van der Waals surface area contributed by atoms with E-state index < -0.39 is 10.1 Å². The van der Waals surface area contributed by atoms with Crippen LogP contribution in [0.15, 0.2) is 59.1 Å². The molecule has 4 rings (SSSR count). The van der Waals surface area contributed by atoms with Crippen LogP contribution < -0.4 is 0 Å². The van der Waals surface area contributed by atoms with Gasteiger partial charge in [0.05, 0.1) is 0 Å². The van der Waals surface area contributed by atoms with Gasteiger partial charge in [-0.3, -0.25) is 0 Å². The van der Waals surface area contributed by atoms with Crippen molar-refractivity contribution in [2.45, 2.75) is 10.1 Å². The van der Waals surface area contributed by atoms with Crippen LogP contribution in [0.25, 0.3) is 0 Å². The molecule has 16 heavy (non-hydrogen) atoms. The van der Waals surface area contributed by atoms with Crippen molar-refractivity contribution in [3.8, 4) is 0 Å². The lowest BCUT2D eigenvalue weighted by Gasteiger charge is -2.05. The minimum Gasteiger partial charge on any atom is -0.459 e. The summed E-state index contributed by atoms with van der Waals surface area (Å²) in [5, 5.41) is -1.33. The Balaban J connectivity index is 1.78. The number of fused-ring (bicyclic) bond motifs is 2. The quantitative estimate of drug-likeness (QED) is 0.489. The number of hydrogen-bond donors (Lipinski definition) is 0. The van der Waals surface area contributed by atoms with Gasteiger partial charge in [-0.25, -0.2) is 0 Å². The first-order chi connectivity index (χ1) is 7.59. The third-order valence-corrected chi connectivity index (χ3v) is 3.75. The largest absolute Gasteiger partial charge is 0.459 e. The van der Waals surface area contributed by atoms with Crippen LogP contribution in [0.1, 0.15) is 0 Å². The molecular weight excluding hydrogens is 247 g/mol. The predicted octanol–water partition coefficient (Wildman–Crippen LogP) is 3.12. The molecule has 2 aliphatic heterocycles. The zero-order chi connectivity index (χ0) is 11.0. The first-order valence-electron chi connectivity index (χ1n) is 4.92. The molecule has 2 heterocycles. The second kappa shape index (κ2) is 2.41. The lowest BCUT2D eigenvalue weighted by Crippen LogP contribution is -1.99. The molecule has 0 saturated carbocycles. The Morgan fingerprint density at radius 1 is 0.812 bits per heavy atom. The topological polar surface area (TPSA) is 25.1 Å². The number of alkyl halides is 2. The summed E-state index contributed by atoms with van der Waals surface area (Å²) in [6.45, 7) is 0. The van der Waals surface area contributed by atoms with Crippen LogP contribution in [0, 0.1) is 0 Å². The summed E-state index contributed by atoms with van der Waals surface area (Å²) in [4.78, 5) is 0. The van der Waals surface area contributed by atoms with E-state index in [4.69, 9.17) is 32.7 Å². The van der Waals surface area contributed by atoms with E-state index in [-0.39, 0.29) is 0 Å².